The van der Waals surface area contributed by atoms with Crippen LogP contribution in [0.2, 0.25) is 0 Å². The molecule has 0 radical (unpaired) electrons. The Morgan fingerprint density at radius 1 is 0.533 bits per heavy atom. The summed E-state index contributed by atoms with van der Waals surface area (Å²) in [7, 11) is 3.24. The summed E-state index contributed by atoms with van der Waals surface area (Å²) >= 11 is 0. The maximum absolute atomic E-state index is 5.49. The second kappa shape index (κ2) is 16.8. The lowest BCUT2D eigenvalue weighted by atomic mass is 9.97. The van der Waals surface area contributed by atoms with Crippen LogP contribution < -0.4 is 9.47 Å². The summed E-state index contributed by atoms with van der Waals surface area (Å²) < 4.78 is 18.8. The van der Waals surface area contributed by atoms with E-state index in [1.54, 1.807) is 26.9 Å². The molecule has 10 rings (SSSR count). The summed E-state index contributed by atoms with van der Waals surface area (Å²) in [5.41, 5.74) is 7.71. The van der Waals surface area contributed by atoms with Crippen molar-refractivity contribution in [1.82, 2.24) is 58.6 Å². The van der Waals surface area contributed by atoms with Crippen LogP contribution in [0.3, 0.4) is 0 Å². The molecule has 0 amide bonds. The third-order valence-electron chi connectivity index (χ3n) is 10.6. The predicted molar refractivity (Wildman–Crippen MR) is 229 cm³/mol. The van der Waals surface area contributed by atoms with Crippen LogP contribution in [0, 0.1) is 13.8 Å². The number of nitrogens with zero attached hydrogens (tertiary/aromatic N) is 12. The average Bonchev–Trinajstić information content (AvgIpc) is 4.15. The molecule has 60 heavy (non-hydrogen) atoms. The summed E-state index contributed by atoms with van der Waals surface area (Å²) in [4.78, 5) is 27.3. The fourth-order valence-corrected chi connectivity index (χ4v) is 7.69. The van der Waals surface area contributed by atoms with E-state index in [9.17, 15) is 0 Å². The number of fused-ring (bicyclic) bond motifs is 2. The van der Waals surface area contributed by atoms with E-state index in [2.05, 4.69) is 78.7 Å². The third-order valence-corrected chi connectivity index (χ3v) is 10.6. The Kier molecular flexibility index (Phi) is 10.6. The van der Waals surface area contributed by atoms with Gasteiger partial charge >= 0.3 is 0 Å². The molecule has 2 aliphatic rings. The number of methoxy groups -OCH3 is 2. The first-order valence-electron chi connectivity index (χ1n) is 19.9. The van der Waals surface area contributed by atoms with E-state index in [0.717, 1.165) is 71.7 Å². The molecule has 0 N–H and O–H groups in total. The van der Waals surface area contributed by atoms with Gasteiger partial charge in [0.1, 0.15) is 23.0 Å². The predicted octanol–water partition coefficient (Wildman–Crippen LogP) is 7.76. The van der Waals surface area contributed by atoms with Crippen LogP contribution in [0.1, 0.15) is 81.9 Å². The molecule has 2 aromatic carbocycles. The summed E-state index contributed by atoms with van der Waals surface area (Å²) in [6.07, 6.45) is 17.1. The lowest BCUT2D eigenvalue weighted by Gasteiger charge is -2.08. The van der Waals surface area contributed by atoms with Gasteiger partial charge in [0.15, 0.2) is 11.6 Å². The smallest absolute Gasteiger partial charge is 0.238 e. The fourth-order valence-electron chi connectivity index (χ4n) is 7.69. The molecule has 6 aromatic heterocycles. The van der Waals surface area contributed by atoms with Crippen LogP contribution in [0.5, 0.6) is 11.8 Å². The number of ether oxygens (including phenoxy) is 2. The number of aromatic nitrogens is 12. The monoisotopic (exact) mass is 796 g/mol. The molecule has 0 fully saturated rings. The van der Waals surface area contributed by atoms with Crippen molar-refractivity contribution in [3.63, 3.8) is 0 Å². The molecular weight excluding hydrogens is 753 g/mol. The van der Waals surface area contributed by atoms with Gasteiger partial charge in [0, 0.05) is 37.3 Å². The molecule has 0 unspecified atom stereocenters. The van der Waals surface area contributed by atoms with Crippen LogP contribution in [0.25, 0.3) is 35.7 Å². The number of hydrogen-bond acceptors (Lipinski definition) is 10. The molecular formula is C46H44N12O2. The van der Waals surface area contributed by atoms with E-state index in [1.165, 1.54) is 11.1 Å². The maximum atomic E-state index is 5.49. The fraction of sp³-hybridized carbons (Fsp3) is 0.217. The molecule has 14 nitrogen and oxygen atoms in total. The second-order valence-corrected chi connectivity index (χ2v) is 14.6. The molecule has 0 aliphatic carbocycles. The Hall–Kier alpha value is -7.48. The van der Waals surface area contributed by atoms with Crippen LogP contribution in [0.15, 0.2) is 110 Å². The zero-order valence-electron chi connectivity index (χ0n) is 33.9. The van der Waals surface area contributed by atoms with Gasteiger partial charge in [-0.2, -0.15) is 10.2 Å². The Morgan fingerprint density at radius 2 is 0.967 bits per heavy atom. The molecule has 8 aromatic rings. The number of benzene rings is 2. The summed E-state index contributed by atoms with van der Waals surface area (Å²) in [5, 5.41) is 9.28. The van der Waals surface area contributed by atoms with Gasteiger partial charge in [-0.15, -0.1) is 0 Å². The Balaban J connectivity index is 0.000000154. The van der Waals surface area contributed by atoms with Crippen molar-refractivity contribution in [3.8, 4) is 23.1 Å². The Labute approximate surface area is 347 Å². The van der Waals surface area contributed by atoms with Crippen LogP contribution in [-0.2, 0) is 13.1 Å². The minimum absolute atomic E-state index is 0.303. The van der Waals surface area contributed by atoms with Gasteiger partial charge in [-0.25, -0.2) is 39.3 Å². The molecule has 14 heteroatoms. The van der Waals surface area contributed by atoms with Crippen LogP contribution in [0.4, 0.5) is 0 Å². The van der Waals surface area contributed by atoms with E-state index in [1.807, 2.05) is 105 Å². The lowest BCUT2D eigenvalue weighted by Crippen LogP contribution is -1.99. The standard InChI is InChI=1S/2C23H22N6O/c2*1-16-14-28(15-24-16)20-10-8-18(25-23(20)30-2)9-11-21-26-22-19(12-13-29(22)27-21)17-6-4-3-5-7-17/h2*3-11,14-15,19H,12-13H2,1-2H3/b2*11-9+/t2*19-/m10/s1. The minimum Gasteiger partial charge on any atom is -0.479 e. The number of rotatable bonds is 10. The molecule has 2 aliphatic heterocycles. The largest absolute Gasteiger partial charge is 0.479 e. The number of aryl methyl sites for hydroxylation is 4. The van der Waals surface area contributed by atoms with Crippen molar-refractivity contribution >= 4 is 24.3 Å². The molecule has 0 spiro atoms. The topological polar surface area (TPSA) is 141 Å². The van der Waals surface area contributed by atoms with Crippen molar-refractivity contribution in [2.75, 3.05) is 14.2 Å². The van der Waals surface area contributed by atoms with Crippen molar-refractivity contribution in [2.24, 2.45) is 0 Å². The second-order valence-electron chi connectivity index (χ2n) is 14.6. The zero-order valence-corrected chi connectivity index (χ0v) is 33.9. The first-order valence-corrected chi connectivity index (χ1v) is 19.9. The summed E-state index contributed by atoms with van der Waals surface area (Å²) in [6.45, 7) is 5.68. The van der Waals surface area contributed by atoms with Crippen molar-refractivity contribution in [2.45, 2.75) is 51.6 Å². The van der Waals surface area contributed by atoms with Gasteiger partial charge in [0.2, 0.25) is 11.8 Å². The minimum atomic E-state index is 0.303. The highest BCUT2D eigenvalue weighted by Crippen LogP contribution is 2.34. The Morgan fingerprint density at radius 3 is 1.35 bits per heavy atom. The molecule has 300 valence electrons. The van der Waals surface area contributed by atoms with Gasteiger partial charge in [-0.3, -0.25) is 0 Å². The molecule has 0 saturated heterocycles. The van der Waals surface area contributed by atoms with Crippen molar-refractivity contribution in [1.29, 1.82) is 0 Å². The maximum Gasteiger partial charge on any atom is 0.238 e. The third kappa shape index (κ3) is 7.99. The van der Waals surface area contributed by atoms with Crippen molar-refractivity contribution < 1.29 is 9.47 Å². The van der Waals surface area contributed by atoms with E-state index < -0.39 is 0 Å². The van der Waals surface area contributed by atoms with E-state index in [-0.39, 0.29) is 0 Å². The lowest BCUT2D eigenvalue weighted by molar-refractivity contribution is 0.395. The SMILES string of the molecule is COc1nc(/C=C/c2nc3n(n2)CC[C@@H]3c2ccccc2)ccc1-n1cnc(C)c1.COc1nc(/C=C/c2nc3n(n2)CC[C@H]3c2ccccc2)ccc1-n1cnc(C)c1. The first-order chi connectivity index (χ1) is 29.4. The van der Waals surface area contributed by atoms with Gasteiger partial charge in [-0.05, 0) is 86.4 Å². The zero-order chi connectivity index (χ0) is 41.0. The molecule has 0 bridgehead atoms. The van der Waals surface area contributed by atoms with E-state index in [0.29, 0.717) is 35.2 Å². The van der Waals surface area contributed by atoms with Gasteiger partial charge < -0.3 is 18.6 Å². The average molecular weight is 797 g/mol. The number of imidazole rings is 2. The molecule has 2 atom stereocenters. The van der Waals surface area contributed by atoms with Gasteiger partial charge in [0.25, 0.3) is 0 Å². The van der Waals surface area contributed by atoms with Gasteiger partial charge in [0.05, 0.1) is 49.6 Å². The van der Waals surface area contributed by atoms with Crippen LogP contribution >= 0.6 is 0 Å². The van der Waals surface area contributed by atoms with E-state index in [4.69, 9.17) is 19.4 Å². The van der Waals surface area contributed by atoms with E-state index >= 15 is 0 Å². The quantitative estimate of drug-likeness (QED) is 0.135. The first kappa shape index (κ1) is 38.1. The van der Waals surface area contributed by atoms with Crippen molar-refractivity contribution in [3.05, 3.63) is 167 Å². The Bertz CT molecular complexity index is 2610. The van der Waals surface area contributed by atoms with Gasteiger partial charge in [-0.1, -0.05) is 60.7 Å². The highest BCUT2D eigenvalue weighted by Gasteiger charge is 2.28. The number of hydrogen-bond donors (Lipinski definition) is 0. The highest BCUT2D eigenvalue weighted by molar-refractivity contribution is 5.67. The normalized spacial score (nSPS) is 15.6. The number of pyridine rings is 2. The summed E-state index contributed by atoms with van der Waals surface area (Å²) in [6, 6.07) is 28.8. The van der Waals surface area contributed by atoms with Crippen LogP contribution in [-0.4, -0.2) is 72.8 Å². The molecule has 8 heterocycles. The molecule has 0 saturated carbocycles. The highest BCUT2D eigenvalue weighted by atomic mass is 16.5. The summed E-state index contributed by atoms with van der Waals surface area (Å²) in [5.74, 6) is 5.13.